The number of nitrogens with zero attached hydrogens (tertiary/aromatic N) is 2. The molecule has 1 aliphatic heterocycles. The standard InChI is InChI=1S/C13H10O.C9H7N.C7H6N2/c1-3-7-12-10(5-1)9-11-6-2-4-8-13(11)14-12;1-2-4-9-7-10-6-5-8(9)3-1;1-2-4-7-6(3-1)8-5-9-7/h1-8H,9H2;1-7H;1-5H,(H,8,9). The Labute approximate surface area is 192 Å². The lowest BCUT2D eigenvalue weighted by Crippen LogP contribution is -2.01. The van der Waals surface area contributed by atoms with E-state index in [0.717, 1.165) is 29.0 Å². The second kappa shape index (κ2) is 9.79. The van der Waals surface area contributed by atoms with E-state index in [1.807, 2.05) is 79.1 Å². The average Bonchev–Trinajstić information content (AvgIpc) is 3.37. The molecular weight excluding hydrogens is 406 g/mol. The fourth-order valence-electron chi connectivity index (χ4n) is 3.73. The molecule has 160 valence electrons. The molecule has 1 N–H and O–H groups in total. The zero-order chi connectivity index (χ0) is 22.3. The Kier molecular flexibility index (Phi) is 6.07. The normalized spacial score (nSPS) is 11.2. The maximum absolute atomic E-state index is 5.78. The minimum absolute atomic E-state index is 0.979. The lowest BCUT2D eigenvalue weighted by atomic mass is 10.0. The van der Waals surface area contributed by atoms with E-state index < -0.39 is 0 Å². The summed E-state index contributed by atoms with van der Waals surface area (Å²) in [5, 5.41) is 2.45. The van der Waals surface area contributed by atoms with Crippen molar-refractivity contribution in [3.05, 3.63) is 133 Å². The van der Waals surface area contributed by atoms with Crippen LogP contribution in [0.1, 0.15) is 11.1 Å². The van der Waals surface area contributed by atoms with Crippen molar-refractivity contribution in [3.8, 4) is 11.5 Å². The number of hydrogen-bond donors (Lipinski definition) is 1. The molecule has 0 spiro atoms. The molecule has 7 rings (SSSR count). The molecule has 0 aliphatic carbocycles. The predicted octanol–water partition coefficient (Wildman–Crippen LogP) is 7.18. The summed E-state index contributed by atoms with van der Waals surface area (Å²) in [5.74, 6) is 1.98. The summed E-state index contributed by atoms with van der Waals surface area (Å²) in [6.45, 7) is 0. The molecular formula is C29H23N3O. The van der Waals surface area contributed by atoms with E-state index in [-0.39, 0.29) is 0 Å². The van der Waals surface area contributed by atoms with Gasteiger partial charge in [-0.3, -0.25) is 4.98 Å². The van der Waals surface area contributed by atoms with Crippen LogP contribution in [-0.4, -0.2) is 15.0 Å². The highest BCUT2D eigenvalue weighted by Gasteiger charge is 2.14. The summed E-state index contributed by atoms with van der Waals surface area (Å²) in [4.78, 5) is 11.1. The summed E-state index contributed by atoms with van der Waals surface area (Å²) in [5.41, 5.74) is 4.66. The first-order chi connectivity index (χ1) is 16.4. The number of H-pyrrole nitrogens is 1. The summed E-state index contributed by atoms with van der Waals surface area (Å²) < 4.78 is 5.78. The summed E-state index contributed by atoms with van der Waals surface area (Å²) in [6, 6.07) is 34.5. The van der Waals surface area contributed by atoms with Gasteiger partial charge in [0.15, 0.2) is 0 Å². The molecule has 0 radical (unpaired) electrons. The van der Waals surface area contributed by atoms with Crippen LogP contribution in [0.4, 0.5) is 0 Å². The van der Waals surface area contributed by atoms with Gasteiger partial charge in [-0.15, -0.1) is 0 Å². The van der Waals surface area contributed by atoms with Crippen LogP contribution < -0.4 is 4.74 Å². The van der Waals surface area contributed by atoms with Crippen molar-refractivity contribution >= 4 is 21.8 Å². The second-order valence-electron chi connectivity index (χ2n) is 7.64. The Balaban J connectivity index is 0.000000107. The fourth-order valence-corrected chi connectivity index (χ4v) is 3.73. The highest BCUT2D eigenvalue weighted by molar-refractivity contribution is 5.81. The van der Waals surface area contributed by atoms with Crippen molar-refractivity contribution in [2.75, 3.05) is 0 Å². The van der Waals surface area contributed by atoms with Crippen LogP contribution in [0.5, 0.6) is 11.5 Å². The van der Waals surface area contributed by atoms with Crippen molar-refractivity contribution in [2.24, 2.45) is 0 Å². The third kappa shape index (κ3) is 4.91. The van der Waals surface area contributed by atoms with Gasteiger partial charge < -0.3 is 9.72 Å². The van der Waals surface area contributed by atoms with E-state index in [9.17, 15) is 0 Å². The summed E-state index contributed by atoms with van der Waals surface area (Å²) >= 11 is 0. The van der Waals surface area contributed by atoms with Gasteiger partial charge in [-0.25, -0.2) is 4.98 Å². The van der Waals surface area contributed by atoms with Crippen molar-refractivity contribution < 1.29 is 4.74 Å². The van der Waals surface area contributed by atoms with Crippen molar-refractivity contribution in [2.45, 2.75) is 6.42 Å². The van der Waals surface area contributed by atoms with Gasteiger partial charge >= 0.3 is 0 Å². The molecule has 0 amide bonds. The Bertz CT molecular complexity index is 1310. The molecule has 0 saturated heterocycles. The number of pyridine rings is 1. The molecule has 0 atom stereocenters. The Morgan fingerprint density at radius 2 is 1.27 bits per heavy atom. The van der Waals surface area contributed by atoms with Gasteiger partial charge in [0.1, 0.15) is 11.5 Å². The van der Waals surface area contributed by atoms with Crippen LogP contribution >= 0.6 is 0 Å². The first kappa shape index (κ1) is 20.5. The first-order valence-corrected chi connectivity index (χ1v) is 10.9. The van der Waals surface area contributed by atoms with Crippen LogP contribution in [0.25, 0.3) is 21.8 Å². The first-order valence-electron chi connectivity index (χ1n) is 10.9. The number of aromatic amines is 1. The number of imidazole rings is 1. The van der Waals surface area contributed by atoms with Crippen molar-refractivity contribution in [1.82, 2.24) is 15.0 Å². The predicted molar refractivity (Wildman–Crippen MR) is 134 cm³/mol. The zero-order valence-corrected chi connectivity index (χ0v) is 18.1. The van der Waals surface area contributed by atoms with E-state index >= 15 is 0 Å². The highest BCUT2D eigenvalue weighted by Crippen LogP contribution is 2.35. The van der Waals surface area contributed by atoms with Gasteiger partial charge in [0, 0.05) is 18.8 Å². The Hall–Kier alpha value is -4.44. The van der Waals surface area contributed by atoms with Gasteiger partial charge in [0.25, 0.3) is 0 Å². The van der Waals surface area contributed by atoms with Crippen molar-refractivity contribution in [1.29, 1.82) is 0 Å². The molecule has 33 heavy (non-hydrogen) atoms. The maximum Gasteiger partial charge on any atom is 0.130 e. The molecule has 1 aliphatic rings. The average molecular weight is 430 g/mol. The number of hydrogen-bond acceptors (Lipinski definition) is 3. The molecule has 4 nitrogen and oxygen atoms in total. The van der Waals surface area contributed by atoms with Crippen LogP contribution in [0, 0.1) is 0 Å². The SMILES string of the molecule is c1ccc2[nH]cnc2c1.c1ccc2c(c1)Cc1ccccc1O2.c1ccc2cnccc2c1. The van der Waals surface area contributed by atoms with E-state index in [4.69, 9.17) is 4.74 Å². The van der Waals surface area contributed by atoms with Crippen molar-refractivity contribution in [3.63, 3.8) is 0 Å². The third-order valence-corrected chi connectivity index (χ3v) is 5.42. The second-order valence-corrected chi connectivity index (χ2v) is 7.64. The molecule has 2 aromatic heterocycles. The molecule has 0 saturated carbocycles. The molecule has 0 unspecified atom stereocenters. The molecule has 6 aromatic rings. The Morgan fingerprint density at radius 3 is 2.00 bits per heavy atom. The number of rotatable bonds is 0. The largest absolute Gasteiger partial charge is 0.457 e. The molecule has 4 aromatic carbocycles. The van der Waals surface area contributed by atoms with Gasteiger partial charge in [-0.05, 0) is 52.2 Å². The lowest BCUT2D eigenvalue weighted by molar-refractivity contribution is 0.460. The van der Waals surface area contributed by atoms with E-state index in [1.165, 1.54) is 21.9 Å². The Morgan fingerprint density at radius 1 is 0.636 bits per heavy atom. The number of ether oxygens (including phenoxy) is 1. The van der Waals surface area contributed by atoms with Gasteiger partial charge in [-0.2, -0.15) is 0 Å². The monoisotopic (exact) mass is 429 g/mol. The minimum Gasteiger partial charge on any atom is -0.457 e. The third-order valence-electron chi connectivity index (χ3n) is 5.42. The van der Waals surface area contributed by atoms with Gasteiger partial charge in [0.2, 0.25) is 0 Å². The highest BCUT2D eigenvalue weighted by atomic mass is 16.5. The zero-order valence-electron chi connectivity index (χ0n) is 18.1. The van der Waals surface area contributed by atoms with E-state index in [0.29, 0.717) is 0 Å². The molecule has 3 heterocycles. The van der Waals surface area contributed by atoms with Crippen LogP contribution in [0.15, 0.2) is 122 Å². The van der Waals surface area contributed by atoms with Crippen LogP contribution in [-0.2, 0) is 6.42 Å². The quantitative estimate of drug-likeness (QED) is 0.278. The summed E-state index contributed by atoms with van der Waals surface area (Å²) in [7, 11) is 0. The lowest BCUT2D eigenvalue weighted by Gasteiger charge is -2.19. The topological polar surface area (TPSA) is 50.8 Å². The number of aromatic nitrogens is 3. The molecule has 0 bridgehead atoms. The van der Waals surface area contributed by atoms with Gasteiger partial charge in [0.05, 0.1) is 17.4 Å². The number of benzene rings is 4. The minimum atomic E-state index is 0.979. The number of para-hydroxylation sites is 4. The molecule has 4 heteroatoms. The summed E-state index contributed by atoms with van der Waals surface area (Å²) in [6.07, 6.45) is 6.36. The fraction of sp³-hybridized carbons (Fsp3) is 0.0345. The smallest absolute Gasteiger partial charge is 0.130 e. The number of nitrogens with one attached hydrogen (secondary N) is 1. The molecule has 0 fully saturated rings. The van der Waals surface area contributed by atoms with Gasteiger partial charge in [-0.1, -0.05) is 72.8 Å². The maximum atomic E-state index is 5.78. The van der Waals surface area contributed by atoms with E-state index in [2.05, 4.69) is 51.4 Å². The van der Waals surface area contributed by atoms with Crippen LogP contribution in [0.3, 0.4) is 0 Å². The van der Waals surface area contributed by atoms with E-state index in [1.54, 1.807) is 6.33 Å². The number of fused-ring (bicyclic) bond motifs is 4. The van der Waals surface area contributed by atoms with Crippen LogP contribution in [0.2, 0.25) is 0 Å².